The third-order valence-corrected chi connectivity index (χ3v) is 6.34. The minimum atomic E-state index is -0.283. The molecule has 7 nitrogen and oxygen atoms in total. The lowest BCUT2D eigenvalue weighted by Crippen LogP contribution is -2.46. The lowest BCUT2D eigenvalue weighted by molar-refractivity contribution is -0.137. The zero-order valence-electron chi connectivity index (χ0n) is 18.8. The zero-order chi connectivity index (χ0) is 23.5. The van der Waals surface area contributed by atoms with Gasteiger partial charge in [-0.15, -0.1) is 0 Å². The lowest BCUT2D eigenvalue weighted by Gasteiger charge is -2.34. The fourth-order valence-corrected chi connectivity index (χ4v) is 4.43. The topological polar surface area (TPSA) is 86.4 Å². The molecule has 2 heterocycles. The number of rotatable bonds is 5. The summed E-state index contributed by atoms with van der Waals surface area (Å²) in [5.41, 5.74) is 1.97. The number of hydrogen-bond acceptors (Lipinski definition) is 4. The van der Waals surface area contributed by atoms with E-state index in [0.29, 0.717) is 46.9 Å². The van der Waals surface area contributed by atoms with Gasteiger partial charge in [0.1, 0.15) is 5.82 Å². The van der Waals surface area contributed by atoms with Gasteiger partial charge in [0.2, 0.25) is 5.91 Å². The zero-order valence-corrected chi connectivity index (χ0v) is 19.6. The molecule has 1 atom stereocenters. The first-order valence-electron chi connectivity index (χ1n) is 11.2. The first kappa shape index (κ1) is 23.0. The first-order valence-corrected chi connectivity index (χ1v) is 11.6. The SMILES string of the molecule is CCN(Cc1nc2cc(Cl)ccc2c(=O)[nH]1)C(=O)[C@H]1CCCN(C(=O)c2ccc(C)cc2)C1. The molecule has 1 aromatic heterocycles. The van der Waals surface area contributed by atoms with Crippen LogP contribution in [0.25, 0.3) is 10.9 Å². The van der Waals surface area contributed by atoms with E-state index in [4.69, 9.17) is 11.6 Å². The molecule has 4 rings (SSSR count). The lowest BCUT2D eigenvalue weighted by atomic mass is 9.95. The van der Waals surface area contributed by atoms with Gasteiger partial charge in [-0.05, 0) is 57.0 Å². The Balaban J connectivity index is 1.49. The van der Waals surface area contributed by atoms with Gasteiger partial charge in [0.05, 0.1) is 23.4 Å². The Labute approximate surface area is 197 Å². The molecule has 2 amide bonds. The van der Waals surface area contributed by atoms with Crippen LogP contribution in [-0.2, 0) is 11.3 Å². The molecule has 172 valence electrons. The summed E-state index contributed by atoms with van der Waals surface area (Å²) in [5, 5.41) is 0.950. The van der Waals surface area contributed by atoms with Crippen LogP contribution in [0, 0.1) is 12.8 Å². The van der Waals surface area contributed by atoms with Crippen molar-refractivity contribution in [3.63, 3.8) is 0 Å². The number of likely N-dealkylation sites (tertiary alicyclic amines) is 1. The second kappa shape index (κ2) is 9.75. The second-order valence-corrected chi connectivity index (χ2v) is 8.92. The summed E-state index contributed by atoms with van der Waals surface area (Å²) in [6.07, 6.45) is 1.50. The van der Waals surface area contributed by atoms with E-state index in [-0.39, 0.29) is 29.8 Å². The van der Waals surface area contributed by atoms with Crippen molar-refractivity contribution in [3.05, 3.63) is 74.8 Å². The normalized spacial score (nSPS) is 16.1. The number of aromatic nitrogens is 2. The van der Waals surface area contributed by atoms with Gasteiger partial charge in [-0.1, -0.05) is 29.3 Å². The van der Waals surface area contributed by atoms with E-state index in [1.165, 1.54) is 0 Å². The number of hydrogen-bond donors (Lipinski definition) is 1. The maximum absolute atomic E-state index is 13.3. The van der Waals surface area contributed by atoms with E-state index in [2.05, 4.69) is 9.97 Å². The largest absolute Gasteiger partial charge is 0.338 e. The van der Waals surface area contributed by atoms with Gasteiger partial charge in [0.25, 0.3) is 11.5 Å². The van der Waals surface area contributed by atoms with E-state index in [9.17, 15) is 14.4 Å². The summed E-state index contributed by atoms with van der Waals surface area (Å²) in [6.45, 7) is 5.57. The van der Waals surface area contributed by atoms with Crippen molar-refractivity contribution in [2.24, 2.45) is 5.92 Å². The number of carbonyl (C=O) groups excluding carboxylic acids is 2. The molecule has 1 aliphatic heterocycles. The molecular weight excluding hydrogens is 440 g/mol. The number of H-pyrrole nitrogens is 1. The van der Waals surface area contributed by atoms with E-state index >= 15 is 0 Å². The molecule has 0 aliphatic carbocycles. The predicted molar refractivity (Wildman–Crippen MR) is 128 cm³/mol. The van der Waals surface area contributed by atoms with Crippen LogP contribution in [0.5, 0.6) is 0 Å². The van der Waals surface area contributed by atoms with Crippen LogP contribution in [-0.4, -0.2) is 51.2 Å². The Morgan fingerprint density at radius 3 is 2.70 bits per heavy atom. The number of aryl methyl sites for hydroxylation is 1. The van der Waals surface area contributed by atoms with Crippen molar-refractivity contribution in [2.75, 3.05) is 19.6 Å². The highest BCUT2D eigenvalue weighted by atomic mass is 35.5. The monoisotopic (exact) mass is 466 g/mol. The van der Waals surface area contributed by atoms with Crippen molar-refractivity contribution in [2.45, 2.75) is 33.2 Å². The second-order valence-electron chi connectivity index (χ2n) is 8.48. The third-order valence-electron chi connectivity index (χ3n) is 6.11. The number of piperidine rings is 1. The van der Waals surface area contributed by atoms with E-state index in [0.717, 1.165) is 18.4 Å². The van der Waals surface area contributed by atoms with Gasteiger partial charge in [-0.2, -0.15) is 0 Å². The number of halogens is 1. The molecule has 1 N–H and O–H groups in total. The van der Waals surface area contributed by atoms with Crippen molar-refractivity contribution < 1.29 is 9.59 Å². The maximum Gasteiger partial charge on any atom is 0.258 e. The Kier molecular flexibility index (Phi) is 6.79. The molecule has 0 unspecified atom stereocenters. The van der Waals surface area contributed by atoms with Gasteiger partial charge >= 0.3 is 0 Å². The molecular formula is C25H27ClN4O3. The number of benzene rings is 2. The van der Waals surface area contributed by atoms with Gasteiger partial charge in [-0.3, -0.25) is 14.4 Å². The summed E-state index contributed by atoms with van der Waals surface area (Å²) in [4.78, 5) is 49.4. The van der Waals surface area contributed by atoms with Crippen LogP contribution >= 0.6 is 11.6 Å². The highest BCUT2D eigenvalue weighted by molar-refractivity contribution is 6.31. The van der Waals surface area contributed by atoms with E-state index in [1.54, 1.807) is 28.0 Å². The molecule has 33 heavy (non-hydrogen) atoms. The van der Waals surface area contributed by atoms with Gasteiger partial charge in [-0.25, -0.2) is 4.98 Å². The molecule has 1 fully saturated rings. The number of nitrogens with zero attached hydrogens (tertiary/aromatic N) is 3. The molecule has 0 radical (unpaired) electrons. The summed E-state index contributed by atoms with van der Waals surface area (Å²) in [6, 6.07) is 12.4. The molecule has 3 aromatic rings. The van der Waals surface area contributed by atoms with Crippen molar-refractivity contribution >= 4 is 34.3 Å². The average Bonchev–Trinajstić information content (AvgIpc) is 2.82. The standard InChI is InChI=1S/C25H27ClN4O3/c1-3-29(15-22-27-21-13-19(26)10-11-20(21)23(31)28-22)25(33)18-5-4-12-30(14-18)24(32)17-8-6-16(2)7-9-17/h6-11,13,18H,3-5,12,14-15H2,1-2H3,(H,27,28,31)/t18-/m0/s1. The fourth-order valence-electron chi connectivity index (χ4n) is 4.26. The number of amides is 2. The number of aromatic amines is 1. The maximum atomic E-state index is 13.3. The Bertz CT molecular complexity index is 1240. The van der Waals surface area contributed by atoms with Crippen LogP contribution in [0.1, 0.15) is 41.5 Å². The minimum Gasteiger partial charge on any atom is -0.338 e. The van der Waals surface area contributed by atoms with Crippen molar-refractivity contribution in [1.29, 1.82) is 0 Å². The van der Waals surface area contributed by atoms with Crippen LogP contribution in [0.3, 0.4) is 0 Å². The van der Waals surface area contributed by atoms with Crippen molar-refractivity contribution in [3.8, 4) is 0 Å². The Hall–Kier alpha value is -3.19. The van der Waals surface area contributed by atoms with Crippen molar-refractivity contribution in [1.82, 2.24) is 19.8 Å². The van der Waals surface area contributed by atoms with Gasteiger partial charge in [0.15, 0.2) is 0 Å². The highest BCUT2D eigenvalue weighted by Crippen LogP contribution is 2.22. The van der Waals surface area contributed by atoms with Crippen LogP contribution in [0.2, 0.25) is 5.02 Å². The van der Waals surface area contributed by atoms with E-state index in [1.807, 2.05) is 38.1 Å². The smallest absolute Gasteiger partial charge is 0.258 e. The quantitative estimate of drug-likeness (QED) is 0.619. The van der Waals surface area contributed by atoms with E-state index < -0.39 is 0 Å². The van der Waals surface area contributed by atoms with Crippen LogP contribution in [0.15, 0.2) is 47.3 Å². The molecule has 8 heteroatoms. The number of carbonyl (C=O) groups is 2. The summed E-state index contributed by atoms with van der Waals surface area (Å²) in [7, 11) is 0. The summed E-state index contributed by atoms with van der Waals surface area (Å²) >= 11 is 6.05. The molecule has 0 spiro atoms. The Morgan fingerprint density at radius 1 is 1.21 bits per heavy atom. The van der Waals surface area contributed by atoms with Crippen LogP contribution in [0.4, 0.5) is 0 Å². The fraction of sp³-hybridized carbons (Fsp3) is 0.360. The summed E-state index contributed by atoms with van der Waals surface area (Å²) in [5.74, 6) is 0.0452. The first-order chi connectivity index (χ1) is 15.9. The highest BCUT2D eigenvalue weighted by Gasteiger charge is 2.31. The molecule has 0 saturated carbocycles. The molecule has 1 saturated heterocycles. The van der Waals surface area contributed by atoms with Gasteiger partial charge < -0.3 is 14.8 Å². The molecule has 1 aliphatic rings. The Morgan fingerprint density at radius 2 is 1.97 bits per heavy atom. The summed E-state index contributed by atoms with van der Waals surface area (Å²) < 4.78 is 0. The predicted octanol–water partition coefficient (Wildman–Crippen LogP) is 3.79. The number of nitrogens with one attached hydrogen (secondary N) is 1. The van der Waals surface area contributed by atoms with Crippen LogP contribution < -0.4 is 5.56 Å². The minimum absolute atomic E-state index is 0.0345. The molecule has 2 aromatic carbocycles. The third kappa shape index (κ3) is 5.09. The molecule has 0 bridgehead atoms. The average molecular weight is 467 g/mol. The van der Waals surface area contributed by atoms with Gasteiger partial charge in [0, 0.05) is 30.2 Å². The number of fused-ring (bicyclic) bond motifs is 1.